The van der Waals surface area contributed by atoms with Crippen molar-refractivity contribution in [2.24, 2.45) is 0 Å². The van der Waals surface area contributed by atoms with E-state index in [-0.39, 0.29) is 5.69 Å². The van der Waals surface area contributed by atoms with Gasteiger partial charge in [-0.1, -0.05) is 0 Å². The minimum Gasteiger partial charge on any atom is -0.476 e. The Morgan fingerprint density at radius 2 is 2.28 bits per heavy atom. The van der Waals surface area contributed by atoms with Gasteiger partial charge in [-0.2, -0.15) is 0 Å². The number of rotatable bonds is 4. The molecule has 0 atom stereocenters. The summed E-state index contributed by atoms with van der Waals surface area (Å²) in [5.74, 6) is -0.432. The Morgan fingerprint density at radius 3 is 2.78 bits per heavy atom. The third kappa shape index (κ3) is 2.85. The van der Waals surface area contributed by atoms with Gasteiger partial charge in [-0.25, -0.2) is 14.8 Å². The topological polar surface area (TPSA) is 66.3 Å². The quantitative estimate of drug-likeness (QED) is 0.935. The molecule has 0 amide bonds. The third-order valence-electron chi connectivity index (χ3n) is 2.32. The van der Waals surface area contributed by atoms with Gasteiger partial charge in [0.25, 0.3) is 0 Å². The van der Waals surface area contributed by atoms with Gasteiger partial charge >= 0.3 is 5.97 Å². The molecule has 7 heteroatoms. The van der Waals surface area contributed by atoms with E-state index in [4.69, 9.17) is 5.11 Å². The van der Waals surface area contributed by atoms with Gasteiger partial charge in [0.2, 0.25) is 0 Å². The highest BCUT2D eigenvalue weighted by Gasteiger charge is 2.10. The van der Waals surface area contributed by atoms with Gasteiger partial charge in [-0.3, -0.25) is 0 Å². The second-order valence-electron chi connectivity index (χ2n) is 3.61. The van der Waals surface area contributed by atoms with Crippen LogP contribution >= 0.6 is 27.3 Å². The summed E-state index contributed by atoms with van der Waals surface area (Å²) in [5.41, 5.74) is -0.0514. The van der Waals surface area contributed by atoms with E-state index in [1.54, 1.807) is 11.3 Å². The summed E-state index contributed by atoms with van der Waals surface area (Å²) in [7, 11) is 1.89. The van der Waals surface area contributed by atoms with Crippen LogP contribution in [0.2, 0.25) is 0 Å². The molecule has 18 heavy (non-hydrogen) atoms. The van der Waals surface area contributed by atoms with Gasteiger partial charge in [0.05, 0.1) is 18.9 Å². The average Bonchev–Trinajstić information content (AvgIpc) is 2.75. The van der Waals surface area contributed by atoms with Crippen molar-refractivity contribution in [3.8, 4) is 0 Å². The number of carboxylic acid groups (broad SMARTS) is 1. The van der Waals surface area contributed by atoms with E-state index < -0.39 is 5.97 Å². The van der Waals surface area contributed by atoms with Crippen molar-refractivity contribution in [3.63, 3.8) is 0 Å². The van der Waals surface area contributed by atoms with Gasteiger partial charge in [-0.05, 0) is 27.4 Å². The fraction of sp³-hybridized carbons (Fsp3) is 0.182. The van der Waals surface area contributed by atoms with E-state index >= 15 is 0 Å². The lowest BCUT2D eigenvalue weighted by molar-refractivity contribution is 0.0690. The molecule has 2 heterocycles. The first-order valence-electron chi connectivity index (χ1n) is 5.06. The van der Waals surface area contributed by atoms with Crippen LogP contribution in [0.3, 0.4) is 0 Å². The minimum absolute atomic E-state index is 0.0514. The molecule has 5 nitrogen and oxygen atoms in total. The lowest BCUT2D eigenvalue weighted by Crippen LogP contribution is -2.18. The smallest absolute Gasteiger partial charge is 0.356 e. The Kier molecular flexibility index (Phi) is 3.93. The predicted molar refractivity (Wildman–Crippen MR) is 73.1 cm³/mol. The molecule has 1 N–H and O–H groups in total. The number of nitrogens with zero attached hydrogens (tertiary/aromatic N) is 3. The van der Waals surface area contributed by atoms with Crippen LogP contribution in [0.15, 0.2) is 28.3 Å². The highest BCUT2D eigenvalue weighted by molar-refractivity contribution is 9.10. The normalized spacial score (nSPS) is 10.3. The van der Waals surface area contributed by atoms with E-state index in [9.17, 15) is 4.79 Å². The molecule has 0 bridgehead atoms. The molecule has 0 aliphatic heterocycles. The summed E-state index contributed by atoms with van der Waals surface area (Å²) in [4.78, 5) is 21.7. The number of halogens is 1. The van der Waals surface area contributed by atoms with Crippen molar-refractivity contribution in [2.75, 3.05) is 11.9 Å². The first-order chi connectivity index (χ1) is 8.58. The highest BCUT2D eigenvalue weighted by Crippen LogP contribution is 2.24. The summed E-state index contributed by atoms with van der Waals surface area (Å²) >= 11 is 5.12. The summed E-state index contributed by atoms with van der Waals surface area (Å²) < 4.78 is 1.06. The fourth-order valence-electron chi connectivity index (χ4n) is 1.36. The van der Waals surface area contributed by atoms with Crippen molar-refractivity contribution in [2.45, 2.75) is 6.54 Å². The van der Waals surface area contributed by atoms with Crippen LogP contribution in [0.25, 0.3) is 0 Å². The molecule has 0 aromatic carbocycles. The number of aromatic nitrogens is 2. The van der Waals surface area contributed by atoms with E-state index in [2.05, 4.69) is 25.9 Å². The third-order valence-corrected chi connectivity index (χ3v) is 4.23. The molecule has 94 valence electrons. The molecular formula is C11H10BrN3O2S. The molecule has 0 aliphatic rings. The summed E-state index contributed by atoms with van der Waals surface area (Å²) in [6.45, 7) is 0.694. The van der Waals surface area contributed by atoms with Crippen molar-refractivity contribution < 1.29 is 9.90 Å². The first-order valence-corrected chi connectivity index (χ1v) is 6.73. The van der Waals surface area contributed by atoms with E-state index in [0.717, 1.165) is 4.47 Å². The van der Waals surface area contributed by atoms with Gasteiger partial charge < -0.3 is 10.0 Å². The van der Waals surface area contributed by atoms with Crippen molar-refractivity contribution >= 4 is 39.1 Å². The van der Waals surface area contributed by atoms with Crippen molar-refractivity contribution in [3.05, 3.63) is 38.9 Å². The number of carbonyl (C=O) groups is 1. The maximum absolute atomic E-state index is 10.7. The molecule has 0 fully saturated rings. The zero-order valence-corrected chi connectivity index (χ0v) is 11.9. The Bertz CT molecular complexity index is 556. The van der Waals surface area contributed by atoms with Crippen LogP contribution in [0.1, 0.15) is 15.4 Å². The molecule has 2 aromatic heterocycles. The molecule has 2 rings (SSSR count). The fourth-order valence-corrected chi connectivity index (χ4v) is 2.89. The van der Waals surface area contributed by atoms with Gasteiger partial charge in [0.15, 0.2) is 5.69 Å². The Morgan fingerprint density at radius 1 is 1.50 bits per heavy atom. The lowest BCUT2D eigenvalue weighted by Gasteiger charge is -2.16. The second kappa shape index (κ2) is 5.45. The average molecular weight is 328 g/mol. The lowest BCUT2D eigenvalue weighted by atomic mass is 10.4. The SMILES string of the molecule is CN(Cc1sccc1Br)c1cnc(C(=O)O)cn1. The monoisotopic (exact) mass is 327 g/mol. The Balaban J connectivity index is 2.12. The predicted octanol–water partition coefficient (Wildman–Crippen LogP) is 2.64. The first kappa shape index (κ1) is 13.0. The summed E-state index contributed by atoms with van der Waals surface area (Å²) in [5, 5.41) is 10.7. The van der Waals surface area contributed by atoms with Crippen molar-refractivity contribution in [1.82, 2.24) is 9.97 Å². The zero-order valence-electron chi connectivity index (χ0n) is 9.50. The van der Waals surface area contributed by atoms with E-state index in [1.165, 1.54) is 17.3 Å². The molecule has 0 spiro atoms. The number of carboxylic acids is 1. The largest absolute Gasteiger partial charge is 0.476 e. The second-order valence-corrected chi connectivity index (χ2v) is 5.47. The molecule has 2 aromatic rings. The maximum atomic E-state index is 10.7. The molecular weight excluding hydrogens is 318 g/mol. The minimum atomic E-state index is -1.07. The number of hydrogen-bond donors (Lipinski definition) is 1. The number of aromatic carboxylic acids is 1. The summed E-state index contributed by atoms with van der Waals surface area (Å²) in [6, 6.07) is 1.99. The van der Waals surface area contributed by atoms with E-state index in [0.29, 0.717) is 12.4 Å². The zero-order chi connectivity index (χ0) is 13.1. The van der Waals surface area contributed by atoms with E-state index in [1.807, 2.05) is 23.4 Å². The standard InChI is InChI=1S/C11H10BrN3O2S/c1-15(6-9-7(12)2-3-18-9)10-5-13-8(4-14-10)11(16)17/h2-5H,6H2,1H3,(H,16,17). The van der Waals surface area contributed by atoms with Gasteiger partial charge in [0.1, 0.15) is 5.82 Å². The van der Waals surface area contributed by atoms with Crippen molar-refractivity contribution in [1.29, 1.82) is 0 Å². The number of hydrogen-bond acceptors (Lipinski definition) is 5. The molecule has 0 saturated heterocycles. The Labute approximate surface area is 116 Å². The number of thiophene rings is 1. The molecule has 0 radical (unpaired) electrons. The Hall–Kier alpha value is -1.47. The molecule has 0 saturated carbocycles. The van der Waals surface area contributed by atoms with Crippen LogP contribution in [-0.2, 0) is 6.54 Å². The van der Waals surface area contributed by atoms with Crippen LogP contribution in [-0.4, -0.2) is 28.1 Å². The van der Waals surface area contributed by atoms with Gasteiger partial charge in [-0.15, -0.1) is 11.3 Å². The van der Waals surface area contributed by atoms with Crippen LogP contribution in [0.5, 0.6) is 0 Å². The summed E-state index contributed by atoms with van der Waals surface area (Å²) in [6.07, 6.45) is 2.72. The number of anilines is 1. The van der Waals surface area contributed by atoms with Crippen LogP contribution in [0.4, 0.5) is 5.82 Å². The van der Waals surface area contributed by atoms with Crippen LogP contribution in [0, 0.1) is 0 Å². The maximum Gasteiger partial charge on any atom is 0.356 e. The molecule has 0 unspecified atom stereocenters. The molecule has 0 aliphatic carbocycles. The van der Waals surface area contributed by atoms with Crippen LogP contribution < -0.4 is 4.90 Å². The van der Waals surface area contributed by atoms with Gasteiger partial charge in [0, 0.05) is 16.4 Å². The highest BCUT2D eigenvalue weighted by atomic mass is 79.9.